The zero-order valence-electron chi connectivity index (χ0n) is 14.6. The molecule has 144 valence electrons. The van der Waals surface area contributed by atoms with Gasteiger partial charge >= 0.3 is 0 Å². The van der Waals surface area contributed by atoms with Gasteiger partial charge < -0.3 is 15.1 Å². The molecule has 3 rings (SSSR count). The van der Waals surface area contributed by atoms with Crippen LogP contribution < -0.4 is 10.6 Å². The summed E-state index contributed by atoms with van der Waals surface area (Å²) in [6.45, 7) is 0.222. The van der Waals surface area contributed by atoms with Crippen LogP contribution in [0.15, 0.2) is 70.2 Å². The molecule has 28 heavy (non-hydrogen) atoms. The van der Waals surface area contributed by atoms with Crippen molar-refractivity contribution in [2.75, 3.05) is 11.1 Å². The highest BCUT2D eigenvalue weighted by Crippen LogP contribution is 2.21. The minimum Gasteiger partial charge on any atom is -0.467 e. The molecule has 3 aromatic rings. The first-order valence-electron chi connectivity index (χ1n) is 8.30. The number of hydrogen-bond donors (Lipinski definition) is 2. The van der Waals surface area contributed by atoms with Crippen LogP contribution in [0, 0.1) is 11.6 Å². The molecular weight excluding hydrogens is 386 g/mol. The number of halogens is 2. The Morgan fingerprint density at radius 1 is 1.00 bits per heavy atom. The summed E-state index contributed by atoms with van der Waals surface area (Å²) in [5, 5.41) is 5.39. The smallest absolute Gasteiger partial charge is 0.253 e. The molecule has 0 aliphatic heterocycles. The summed E-state index contributed by atoms with van der Waals surface area (Å²) >= 11 is 1.06. The second-order valence-corrected chi connectivity index (χ2v) is 6.77. The fraction of sp³-hybridized carbons (Fsp3) is 0.100. The number of benzene rings is 2. The molecule has 5 nitrogen and oxygen atoms in total. The maximum Gasteiger partial charge on any atom is 0.253 e. The average molecular weight is 402 g/mol. The Labute approximate surface area is 164 Å². The van der Waals surface area contributed by atoms with Gasteiger partial charge in [0.2, 0.25) is 5.91 Å². The van der Waals surface area contributed by atoms with Crippen LogP contribution in [0.5, 0.6) is 0 Å². The van der Waals surface area contributed by atoms with E-state index < -0.39 is 11.6 Å². The van der Waals surface area contributed by atoms with Crippen LogP contribution in [0.2, 0.25) is 0 Å². The van der Waals surface area contributed by atoms with Gasteiger partial charge in [-0.25, -0.2) is 8.78 Å². The zero-order chi connectivity index (χ0) is 19.9. The number of furan rings is 1. The summed E-state index contributed by atoms with van der Waals surface area (Å²) in [6.07, 6.45) is 1.51. The van der Waals surface area contributed by atoms with Crippen LogP contribution >= 0.6 is 11.8 Å². The van der Waals surface area contributed by atoms with Gasteiger partial charge in [-0.3, -0.25) is 9.59 Å². The molecule has 0 bridgehead atoms. The quantitative estimate of drug-likeness (QED) is 0.581. The number of para-hydroxylation sites is 1. The highest BCUT2D eigenvalue weighted by Gasteiger charge is 2.14. The lowest BCUT2D eigenvalue weighted by Gasteiger charge is -2.11. The molecule has 2 N–H and O–H groups in total. The first kappa shape index (κ1) is 19.6. The Morgan fingerprint density at radius 2 is 1.82 bits per heavy atom. The maximum absolute atomic E-state index is 13.2. The Morgan fingerprint density at radius 3 is 2.57 bits per heavy atom. The molecule has 8 heteroatoms. The van der Waals surface area contributed by atoms with Gasteiger partial charge in [0, 0.05) is 4.90 Å². The summed E-state index contributed by atoms with van der Waals surface area (Å²) in [6, 6.07) is 13.5. The van der Waals surface area contributed by atoms with E-state index in [1.54, 1.807) is 36.4 Å². The number of rotatable bonds is 7. The van der Waals surface area contributed by atoms with E-state index in [4.69, 9.17) is 4.42 Å². The molecule has 0 fully saturated rings. The molecule has 2 amide bonds. The minimum atomic E-state index is -0.969. The number of anilines is 1. The molecule has 0 unspecified atom stereocenters. The predicted octanol–water partition coefficient (Wildman–Crippen LogP) is 4.22. The summed E-state index contributed by atoms with van der Waals surface area (Å²) in [5.74, 6) is -2.06. The van der Waals surface area contributed by atoms with E-state index in [1.165, 1.54) is 12.3 Å². The molecule has 0 aliphatic rings. The summed E-state index contributed by atoms with van der Waals surface area (Å²) in [5.41, 5.74) is 0.663. The number of thioether (sulfide) groups is 1. The van der Waals surface area contributed by atoms with E-state index in [1.807, 2.05) is 0 Å². The van der Waals surface area contributed by atoms with Gasteiger partial charge in [-0.2, -0.15) is 0 Å². The Balaban J connectivity index is 1.59. The van der Waals surface area contributed by atoms with Crippen molar-refractivity contribution in [3.63, 3.8) is 0 Å². The largest absolute Gasteiger partial charge is 0.467 e. The monoisotopic (exact) mass is 402 g/mol. The minimum absolute atomic E-state index is 0.0204. The van der Waals surface area contributed by atoms with E-state index in [0.29, 0.717) is 21.9 Å². The lowest BCUT2D eigenvalue weighted by molar-refractivity contribution is -0.113. The van der Waals surface area contributed by atoms with Crippen LogP contribution in [0.4, 0.5) is 14.5 Å². The number of carbonyl (C=O) groups excluding carboxylic acids is 2. The second-order valence-electron chi connectivity index (χ2n) is 5.72. The molecule has 0 radical (unpaired) electrons. The normalized spacial score (nSPS) is 10.5. The molecule has 0 atom stereocenters. The van der Waals surface area contributed by atoms with Crippen molar-refractivity contribution in [2.24, 2.45) is 0 Å². The van der Waals surface area contributed by atoms with Gasteiger partial charge in [0.1, 0.15) is 5.76 Å². The summed E-state index contributed by atoms with van der Waals surface area (Å²) < 4.78 is 31.3. The van der Waals surface area contributed by atoms with Crippen LogP contribution in [-0.2, 0) is 11.3 Å². The predicted molar refractivity (Wildman–Crippen MR) is 102 cm³/mol. The van der Waals surface area contributed by atoms with E-state index in [2.05, 4.69) is 10.6 Å². The maximum atomic E-state index is 13.2. The van der Waals surface area contributed by atoms with Gasteiger partial charge in [-0.1, -0.05) is 12.1 Å². The third kappa shape index (κ3) is 5.20. The SMILES string of the molecule is O=C(CSc1ccc(F)c(F)c1)Nc1ccccc1C(=O)NCc1ccco1. The van der Waals surface area contributed by atoms with Crippen molar-refractivity contribution >= 4 is 29.3 Å². The van der Waals surface area contributed by atoms with E-state index in [9.17, 15) is 18.4 Å². The van der Waals surface area contributed by atoms with Gasteiger partial charge in [0.05, 0.1) is 29.8 Å². The zero-order valence-corrected chi connectivity index (χ0v) is 15.4. The van der Waals surface area contributed by atoms with E-state index in [-0.39, 0.29) is 24.1 Å². The van der Waals surface area contributed by atoms with Gasteiger partial charge in [0.15, 0.2) is 11.6 Å². The third-order valence-electron chi connectivity index (χ3n) is 3.71. The van der Waals surface area contributed by atoms with E-state index >= 15 is 0 Å². The molecule has 2 aromatic carbocycles. The Hall–Kier alpha value is -3.13. The van der Waals surface area contributed by atoms with Crippen LogP contribution in [0.3, 0.4) is 0 Å². The first-order valence-corrected chi connectivity index (χ1v) is 9.29. The number of hydrogen-bond acceptors (Lipinski definition) is 4. The van der Waals surface area contributed by atoms with Crippen molar-refractivity contribution in [3.8, 4) is 0 Å². The highest BCUT2D eigenvalue weighted by atomic mass is 32.2. The molecule has 1 aromatic heterocycles. The van der Waals surface area contributed by atoms with Crippen molar-refractivity contribution in [1.82, 2.24) is 5.32 Å². The van der Waals surface area contributed by atoms with Crippen molar-refractivity contribution < 1.29 is 22.8 Å². The summed E-state index contributed by atoms with van der Waals surface area (Å²) in [4.78, 5) is 25.0. The van der Waals surface area contributed by atoms with Gasteiger partial charge in [0.25, 0.3) is 5.91 Å². The molecule has 0 spiro atoms. The molecule has 1 heterocycles. The van der Waals surface area contributed by atoms with Crippen LogP contribution in [0.1, 0.15) is 16.1 Å². The molecule has 0 aliphatic carbocycles. The standard InChI is InChI=1S/C20H16F2N2O3S/c21-16-8-7-14(10-17(16)22)28-12-19(25)24-18-6-2-1-5-15(18)20(26)23-11-13-4-3-9-27-13/h1-10H,11-12H2,(H,23,26)(H,24,25). The number of amides is 2. The van der Waals surface area contributed by atoms with E-state index in [0.717, 1.165) is 23.9 Å². The highest BCUT2D eigenvalue weighted by molar-refractivity contribution is 8.00. The van der Waals surface area contributed by atoms with Crippen LogP contribution in [-0.4, -0.2) is 17.6 Å². The molecule has 0 saturated carbocycles. The fourth-order valence-electron chi connectivity index (χ4n) is 2.37. The van der Waals surface area contributed by atoms with Gasteiger partial charge in [-0.15, -0.1) is 11.8 Å². The van der Waals surface area contributed by atoms with Crippen molar-refractivity contribution in [2.45, 2.75) is 11.4 Å². The number of nitrogens with one attached hydrogen (secondary N) is 2. The van der Waals surface area contributed by atoms with Gasteiger partial charge in [-0.05, 0) is 42.5 Å². The summed E-state index contributed by atoms with van der Waals surface area (Å²) in [7, 11) is 0. The Kier molecular flexibility index (Phi) is 6.44. The fourth-order valence-corrected chi connectivity index (χ4v) is 3.09. The topological polar surface area (TPSA) is 71.3 Å². The van der Waals surface area contributed by atoms with Crippen molar-refractivity contribution in [3.05, 3.63) is 83.8 Å². The molecule has 0 saturated heterocycles. The second kappa shape index (κ2) is 9.18. The molecular formula is C20H16F2N2O3S. The average Bonchev–Trinajstić information content (AvgIpc) is 3.21. The Bertz CT molecular complexity index is 977. The lowest BCUT2D eigenvalue weighted by Crippen LogP contribution is -2.25. The van der Waals surface area contributed by atoms with Crippen LogP contribution in [0.25, 0.3) is 0 Å². The first-order chi connectivity index (χ1) is 13.5. The van der Waals surface area contributed by atoms with Crippen molar-refractivity contribution in [1.29, 1.82) is 0 Å². The third-order valence-corrected chi connectivity index (χ3v) is 4.70. The number of carbonyl (C=O) groups is 2. The lowest BCUT2D eigenvalue weighted by atomic mass is 10.1.